The Hall–Kier alpha value is -1.84. The molecule has 1 aromatic heterocycles. The van der Waals surface area contributed by atoms with Crippen molar-refractivity contribution in [2.24, 2.45) is 22.7 Å². The minimum Gasteiger partial charge on any atom is -0.462 e. The minimum absolute atomic E-state index is 0.0177. The third-order valence-electron chi connectivity index (χ3n) is 8.39. The Morgan fingerprint density at radius 1 is 1.35 bits per heavy atom. The van der Waals surface area contributed by atoms with Crippen molar-refractivity contribution in [3.63, 3.8) is 0 Å². The fourth-order valence-corrected chi connectivity index (χ4v) is 7.06. The first-order valence-electron chi connectivity index (χ1n) is 11.6. The number of aliphatic hydroxyl groups is 2. The first-order valence-corrected chi connectivity index (χ1v) is 11.6. The summed E-state index contributed by atoms with van der Waals surface area (Å²) in [6.07, 6.45) is 6.45. The average molecular weight is 431 g/mol. The molecule has 2 aliphatic rings. The summed E-state index contributed by atoms with van der Waals surface area (Å²) < 4.78 is 7.61. The van der Waals surface area contributed by atoms with Crippen molar-refractivity contribution in [1.82, 2.24) is 4.57 Å². The molecule has 6 nitrogen and oxygen atoms in total. The number of esters is 1. The summed E-state index contributed by atoms with van der Waals surface area (Å²) in [6.45, 7) is 10.6. The number of fused-ring (bicyclic) bond motifs is 1. The Bertz CT molecular complexity index is 854. The van der Waals surface area contributed by atoms with E-state index in [9.17, 15) is 20.3 Å². The van der Waals surface area contributed by atoms with E-state index in [1.807, 2.05) is 12.3 Å². The van der Waals surface area contributed by atoms with Crippen LogP contribution in [0.2, 0.25) is 0 Å². The van der Waals surface area contributed by atoms with Gasteiger partial charge < -0.3 is 19.5 Å². The third-order valence-corrected chi connectivity index (χ3v) is 8.39. The van der Waals surface area contributed by atoms with E-state index < -0.39 is 5.60 Å². The van der Waals surface area contributed by atoms with E-state index in [0.717, 1.165) is 24.8 Å². The number of ether oxygens (including phenoxy) is 1. The normalized spacial score (nSPS) is 34.6. The van der Waals surface area contributed by atoms with Gasteiger partial charge in [-0.05, 0) is 55.1 Å². The smallest absolute Gasteiger partial charge is 0.302 e. The summed E-state index contributed by atoms with van der Waals surface area (Å²) >= 11 is 0. The zero-order chi connectivity index (χ0) is 23.0. The highest BCUT2D eigenvalue weighted by atomic mass is 16.5. The van der Waals surface area contributed by atoms with Gasteiger partial charge in [-0.1, -0.05) is 34.1 Å². The number of hydrogen-bond donors (Lipinski definition) is 2. The molecular weight excluding hydrogens is 392 g/mol. The summed E-state index contributed by atoms with van der Waals surface area (Å²) in [5.74, 6) is -0.208. The van der Waals surface area contributed by atoms with Crippen molar-refractivity contribution in [3.05, 3.63) is 23.5 Å². The van der Waals surface area contributed by atoms with E-state index >= 15 is 0 Å². The Labute approximate surface area is 186 Å². The molecule has 5 atom stereocenters. The Balaban J connectivity index is 1.94. The predicted octanol–water partition coefficient (Wildman–Crippen LogP) is 3.82. The van der Waals surface area contributed by atoms with Crippen LogP contribution in [0.25, 0.3) is 0 Å². The minimum atomic E-state index is -0.919. The van der Waals surface area contributed by atoms with Crippen LogP contribution in [0, 0.1) is 34.0 Å². The summed E-state index contributed by atoms with van der Waals surface area (Å²) in [4.78, 5) is 11.9. The van der Waals surface area contributed by atoms with E-state index in [-0.39, 0.29) is 41.3 Å². The number of hydrogen-bond acceptors (Lipinski definition) is 5. The summed E-state index contributed by atoms with van der Waals surface area (Å²) in [6, 6.07) is 4.19. The van der Waals surface area contributed by atoms with Crippen molar-refractivity contribution >= 4 is 5.97 Å². The number of aromatic nitrogens is 1. The van der Waals surface area contributed by atoms with Crippen LogP contribution in [0.5, 0.6) is 0 Å². The van der Waals surface area contributed by atoms with Crippen molar-refractivity contribution in [1.29, 1.82) is 5.26 Å². The number of nitriles is 1. The van der Waals surface area contributed by atoms with Crippen LogP contribution in [0.15, 0.2) is 12.3 Å². The van der Waals surface area contributed by atoms with Gasteiger partial charge in [-0.15, -0.1) is 0 Å². The molecule has 1 heterocycles. The molecular formula is C25H38N2O4. The maximum Gasteiger partial charge on any atom is 0.302 e. The van der Waals surface area contributed by atoms with Crippen LogP contribution >= 0.6 is 0 Å². The van der Waals surface area contributed by atoms with Gasteiger partial charge in [-0.3, -0.25) is 4.79 Å². The van der Waals surface area contributed by atoms with E-state index in [4.69, 9.17) is 4.74 Å². The molecule has 0 radical (unpaired) electrons. The fourth-order valence-electron chi connectivity index (χ4n) is 7.06. The maximum atomic E-state index is 12.2. The number of nitrogens with zero attached hydrogens (tertiary/aromatic N) is 2. The first kappa shape index (κ1) is 23.8. The Morgan fingerprint density at radius 2 is 2.06 bits per heavy atom. The number of carbonyl (C=O) groups is 1. The third kappa shape index (κ3) is 4.03. The van der Waals surface area contributed by atoms with E-state index in [1.54, 1.807) is 4.57 Å². The molecule has 0 bridgehead atoms. The van der Waals surface area contributed by atoms with Gasteiger partial charge in [0.2, 0.25) is 0 Å². The van der Waals surface area contributed by atoms with E-state index in [2.05, 4.69) is 33.8 Å². The highest BCUT2D eigenvalue weighted by molar-refractivity contribution is 5.66. The quantitative estimate of drug-likeness (QED) is 0.669. The molecule has 2 saturated carbocycles. The summed E-state index contributed by atoms with van der Waals surface area (Å²) in [5, 5.41) is 31.1. The second kappa shape index (κ2) is 8.60. The molecule has 1 aromatic rings. The molecule has 2 N–H and O–H groups in total. The monoisotopic (exact) mass is 430 g/mol. The lowest BCUT2D eigenvalue weighted by atomic mass is 9.43. The van der Waals surface area contributed by atoms with Gasteiger partial charge in [0.05, 0.1) is 12.2 Å². The lowest BCUT2D eigenvalue weighted by Gasteiger charge is -2.64. The molecule has 31 heavy (non-hydrogen) atoms. The molecule has 6 heteroatoms. The van der Waals surface area contributed by atoms with Gasteiger partial charge in [0, 0.05) is 31.0 Å². The average Bonchev–Trinajstić information content (AvgIpc) is 3.05. The highest BCUT2D eigenvalue weighted by Crippen LogP contribution is 2.64. The topological polar surface area (TPSA) is 95.5 Å². The van der Waals surface area contributed by atoms with Crippen molar-refractivity contribution in [3.8, 4) is 6.07 Å². The number of aliphatic hydroxyl groups excluding tert-OH is 1. The van der Waals surface area contributed by atoms with Crippen molar-refractivity contribution in [2.75, 3.05) is 6.61 Å². The molecule has 3 rings (SSSR count). The summed E-state index contributed by atoms with van der Waals surface area (Å²) in [7, 11) is 0. The number of carbonyl (C=O) groups excluding carboxylic acids is 1. The van der Waals surface area contributed by atoms with Crippen LogP contribution in [-0.4, -0.2) is 39.1 Å². The van der Waals surface area contributed by atoms with E-state index in [1.165, 1.54) is 6.92 Å². The Morgan fingerprint density at radius 3 is 2.68 bits per heavy atom. The van der Waals surface area contributed by atoms with Gasteiger partial charge in [0.15, 0.2) is 0 Å². The second-order valence-electron chi connectivity index (χ2n) is 10.7. The first-order chi connectivity index (χ1) is 14.5. The lowest BCUT2D eigenvalue weighted by molar-refractivity contribution is -0.249. The van der Waals surface area contributed by atoms with Crippen LogP contribution in [0.4, 0.5) is 0 Å². The molecule has 0 spiro atoms. The number of rotatable bonds is 6. The molecule has 2 aliphatic carbocycles. The molecule has 0 unspecified atom stereocenters. The molecule has 0 aromatic carbocycles. The number of aryl methyl sites for hydroxylation is 1. The largest absolute Gasteiger partial charge is 0.462 e. The van der Waals surface area contributed by atoms with Crippen LogP contribution in [0.1, 0.15) is 78.0 Å². The fraction of sp³-hybridized carbons (Fsp3) is 0.760. The van der Waals surface area contributed by atoms with Crippen molar-refractivity contribution < 1.29 is 19.7 Å². The highest BCUT2D eigenvalue weighted by Gasteiger charge is 2.64. The van der Waals surface area contributed by atoms with Gasteiger partial charge in [0.25, 0.3) is 0 Å². The standard InChI is InChI=1S/C25H38N2O4/c1-17-15-21(31-18(2)29)22-23(3,4)9-6-10-24(22,5)25(17,30)11-7-19-8-12-27(13-14-28)20(19)16-26/h8,12,17,21-22,28,30H,6-7,9-11,13-15H2,1-5H3/t17-,21-,22+,24+,25-/m1/s1. The van der Waals surface area contributed by atoms with Crippen LogP contribution in [0.3, 0.4) is 0 Å². The van der Waals surface area contributed by atoms with E-state index in [0.29, 0.717) is 31.5 Å². The molecule has 0 aliphatic heterocycles. The maximum absolute atomic E-state index is 12.2. The van der Waals surface area contributed by atoms with Gasteiger partial charge in [-0.25, -0.2) is 0 Å². The van der Waals surface area contributed by atoms with Crippen molar-refractivity contribution in [2.45, 2.75) is 91.4 Å². The zero-order valence-electron chi connectivity index (χ0n) is 19.6. The van der Waals surface area contributed by atoms with Gasteiger partial charge >= 0.3 is 5.97 Å². The van der Waals surface area contributed by atoms with Crippen LogP contribution in [-0.2, 0) is 22.5 Å². The molecule has 172 valence electrons. The predicted molar refractivity (Wildman–Crippen MR) is 118 cm³/mol. The SMILES string of the molecule is CC(=O)O[C@@H]1C[C@@H](C)[C@](O)(CCc2ccn(CCO)c2C#N)[C@@]2(C)CCCC(C)(C)[C@H]12. The second-order valence-corrected chi connectivity index (χ2v) is 10.7. The molecule has 2 fully saturated rings. The van der Waals surface area contributed by atoms with Crippen LogP contribution < -0.4 is 0 Å². The molecule has 0 saturated heterocycles. The molecule has 0 amide bonds. The Kier molecular flexibility index (Phi) is 6.60. The zero-order valence-corrected chi connectivity index (χ0v) is 19.6. The van der Waals surface area contributed by atoms with Gasteiger partial charge in [0.1, 0.15) is 17.9 Å². The summed E-state index contributed by atoms with van der Waals surface area (Å²) in [5.41, 5.74) is 0.132. The lowest BCUT2D eigenvalue weighted by Crippen LogP contribution is -2.66. The van der Waals surface area contributed by atoms with Gasteiger partial charge in [-0.2, -0.15) is 5.26 Å².